The van der Waals surface area contributed by atoms with Crippen molar-refractivity contribution in [3.05, 3.63) is 77.9 Å². The Balaban J connectivity index is 1.59. The highest BCUT2D eigenvalue weighted by molar-refractivity contribution is 6.13. The van der Waals surface area contributed by atoms with E-state index in [1.807, 2.05) is 29.6 Å². The fraction of sp³-hybridized carbons (Fsp3) is 0.107. The Kier molecular flexibility index (Phi) is 6.72. The number of ether oxygens (including phenoxy) is 3. The van der Waals surface area contributed by atoms with E-state index in [1.54, 1.807) is 18.2 Å². The molecule has 0 spiro atoms. The number of amides is 3. The summed E-state index contributed by atoms with van der Waals surface area (Å²) < 4.78 is 44.4. The SMILES string of the molecule is COc1cc(-c2nc(NC(=O)NC(=O)c3c(F)cccc3F)cc3c2[nH]c2ccccc23)cc(OC)c1OC. The summed E-state index contributed by atoms with van der Waals surface area (Å²) in [4.78, 5) is 33.1. The van der Waals surface area contributed by atoms with E-state index in [0.717, 1.165) is 34.5 Å². The van der Waals surface area contributed by atoms with Crippen molar-refractivity contribution in [2.75, 3.05) is 26.6 Å². The first-order valence-electron chi connectivity index (χ1n) is 11.6. The number of fused-ring (bicyclic) bond motifs is 3. The van der Waals surface area contributed by atoms with Gasteiger partial charge in [-0.05, 0) is 36.4 Å². The van der Waals surface area contributed by atoms with Crippen LogP contribution in [0.5, 0.6) is 17.2 Å². The molecule has 0 saturated heterocycles. The maximum absolute atomic E-state index is 14.0. The van der Waals surface area contributed by atoms with Crippen molar-refractivity contribution in [1.29, 1.82) is 0 Å². The van der Waals surface area contributed by atoms with Gasteiger partial charge in [-0.15, -0.1) is 0 Å². The maximum Gasteiger partial charge on any atom is 0.327 e. The summed E-state index contributed by atoms with van der Waals surface area (Å²) in [7, 11) is 4.47. The molecule has 0 atom stereocenters. The maximum atomic E-state index is 14.0. The van der Waals surface area contributed by atoms with Crippen LogP contribution in [0.25, 0.3) is 33.1 Å². The molecule has 3 amide bonds. The number of imide groups is 1. The molecule has 0 aliphatic heterocycles. The second kappa shape index (κ2) is 10.3. The number of benzene rings is 3. The van der Waals surface area contributed by atoms with Crippen LogP contribution in [-0.2, 0) is 0 Å². The monoisotopic (exact) mass is 532 g/mol. The molecule has 2 aromatic heterocycles. The number of hydrogen-bond acceptors (Lipinski definition) is 6. The van der Waals surface area contributed by atoms with Crippen LogP contribution in [0.1, 0.15) is 10.4 Å². The van der Waals surface area contributed by atoms with Gasteiger partial charge in [0.25, 0.3) is 5.91 Å². The predicted molar refractivity (Wildman–Crippen MR) is 142 cm³/mol. The molecule has 0 unspecified atom stereocenters. The van der Waals surface area contributed by atoms with Gasteiger partial charge in [0.15, 0.2) is 11.5 Å². The fourth-order valence-corrected chi connectivity index (χ4v) is 4.36. The van der Waals surface area contributed by atoms with Gasteiger partial charge in [-0.2, -0.15) is 0 Å². The molecule has 3 N–H and O–H groups in total. The zero-order chi connectivity index (χ0) is 27.7. The highest BCUT2D eigenvalue weighted by Crippen LogP contribution is 2.43. The molecular weight excluding hydrogens is 510 g/mol. The van der Waals surface area contributed by atoms with Gasteiger partial charge in [0.2, 0.25) is 5.75 Å². The third-order valence-electron chi connectivity index (χ3n) is 6.09. The van der Waals surface area contributed by atoms with E-state index >= 15 is 0 Å². The smallest absolute Gasteiger partial charge is 0.327 e. The Hall–Kier alpha value is -5.19. The molecule has 5 aromatic rings. The van der Waals surface area contributed by atoms with Gasteiger partial charge in [-0.3, -0.25) is 15.4 Å². The summed E-state index contributed by atoms with van der Waals surface area (Å²) >= 11 is 0. The van der Waals surface area contributed by atoms with Crippen molar-refractivity contribution in [1.82, 2.24) is 15.3 Å². The van der Waals surface area contributed by atoms with E-state index in [2.05, 4.69) is 15.3 Å². The van der Waals surface area contributed by atoms with Crippen molar-refractivity contribution < 1.29 is 32.6 Å². The van der Waals surface area contributed by atoms with E-state index in [4.69, 9.17) is 14.2 Å². The number of carbonyl (C=O) groups excluding carboxylic acids is 2. The van der Waals surface area contributed by atoms with Crippen molar-refractivity contribution in [3.63, 3.8) is 0 Å². The van der Waals surface area contributed by atoms with Gasteiger partial charge in [0.05, 0.1) is 32.5 Å². The number of carbonyl (C=O) groups is 2. The Morgan fingerprint density at radius 2 is 1.51 bits per heavy atom. The Morgan fingerprint density at radius 1 is 0.846 bits per heavy atom. The summed E-state index contributed by atoms with van der Waals surface area (Å²) in [5.74, 6) is -2.16. The normalized spacial score (nSPS) is 10.9. The Morgan fingerprint density at radius 3 is 2.15 bits per heavy atom. The molecule has 0 aliphatic rings. The van der Waals surface area contributed by atoms with Crippen LogP contribution in [0.4, 0.5) is 19.4 Å². The predicted octanol–water partition coefficient (Wildman–Crippen LogP) is 5.65. The third kappa shape index (κ3) is 4.65. The molecule has 0 aliphatic carbocycles. The van der Waals surface area contributed by atoms with Crippen molar-refractivity contribution >= 4 is 39.6 Å². The number of methoxy groups -OCH3 is 3. The van der Waals surface area contributed by atoms with Gasteiger partial charge < -0.3 is 19.2 Å². The molecule has 0 saturated carbocycles. The van der Waals surface area contributed by atoms with Gasteiger partial charge in [0.1, 0.15) is 23.0 Å². The highest BCUT2D eigenvalue weighted by Gasteiger charge is 2.22. The van der Waals surface area contributed by atoms with Crippen LogP contribution in [-0.4, -0.2) is 43.2 Å². The fourth-order valence-electron chi connectivity index (χ4n) is 4.36. The number of aromatic nitrogens is 2. The molecule has 198 valence electrons. The summed E-state index contributed by atoms with van der Waals surface area (Å²) in [6, 6.07) is 14.5. The summed E-state index contributed by atoms with van der Waals surface area (Å²) in [6.07, 6.45) is 0. The molecule has 9 nitrogen and oxygen atoms in total. The number of pyridine rings is 1. The van der Waals surface area contributed by atoms with E-state index in [-0.39, 0.29) is 5.82 Å². The lowest BCUT2D eigenvalue weighted by atomic mass is 10.1. The minimum Gasteiger partial charge on any atom is -0.493 e. The van der Waals surface area contributed by atoms with Gasteiger partial charge in [0, 0.05) is 21.9 Å². The minimum absolute atomic E-state index is 0.0790. The first kappa shape index (κ1) is 25.5. The van der Waals surface area contributed by atoms with Crippen LogP contribution in [0, 0.1) is 11.6 Å². The lowest BCUT2D eigenvalue weighted by molar-refractivity contribution is 0.0959. The second-order valence-electron chi connectivity index (χ2n) is 8.37. The van der Waals surface area contributed by atoms with Gasteiger partial charge >= 0.3 is 6.03 Å². The largest absolute Gasteiger partial charge is 0.493 e. The number of aromatic amines is 1. The van der Waals surface area contributed by atoms with E-state index in [1.165, 1.54) is 21.3 Å². The number of urea groups is 1. The number of nitrogens with zero attached hydrogens (tertiary/aromatic N) is 1. The summed E-state index contributed by atoms with van der Waals surface area (Å²) in [6.45, 7) is 0. The molecule has 5 rings (SSSR count). The average Bonchev–Trinajstić information content (AvgIpc) is 3.30. The molecule has 3 aromatic carbocycles. The molecule has 39 heavy (non-hydrogen) atoms. The number of hydrogen-bond donors (Lipinski definition) is 3. The molecule has 0 radical (unpaired) electrons. The highest BCUT2D eigenvalue weighted by atomic mass is 19.1. The van der Waals surface area contributed by atoms with Gasteiger partial charge in [-0.1, -0.05) is 24.3 Å². The quantitative estimate of drug-likeness (QED) is 0.260. The third-order valence-corrected chi connectivity index (χ3v) is 6.09. The van der Waals surface area contributed by atoms with Crippen LogP contribution >= 0.6 is 0 Å². The van der Waals surface area contributed by atoms with Crippen molar-refractivity contribution in [2.24, 2.45) is 0 Å². The molecule has 11 heteroatoms. The standard InChI is InChI=1S/C28H22F2N4O5/c1-37-20-11-14(12-21(38-2)26(20)39-3)24-25-16(15-7-4-5-10-19(15)31-25)13-22(32-24)33-28(36)34-27(35)23-17(29)8-6-9-18(23)30/h4-13,31H,1-3H3,(H2,32,33,34,35,36). The van der Waals surface area contributed by atoms with Crippen molar-refractivity contribution in [3.8, 4) is 28.5 Å². The number of nitrogens with one attached hydrogen (secondary N) is 3. The number of H-pyrrole nitrogens is 1. The minimum atomic E-state index is -1.24. The van der Waals surface area contributed by atoms with Crippen LogP contribution < -0.4 is 24.8 Å². The molecule has 0 fully saturated rings. The Labute approximate surface area is 220 Å². The van der Waals surface area contributed by atoms with Crippen LogP contribution in [0.3, 0.4) is 0 Å². The number of para-hydroxylation sites is 1. The first-order valence-corrected chi connectivity index (χ1v) is 11.6. The molecular formula is C28H22F2N4O5. The lowest BCUT2D eigenvalue weighted by Gasteiger charge is -2.15. The topological polar surface area (TPSA) is 115 Å². The van der Waals surface area contributed by atoms with Crippen LogP contribution in [0.2, 0.25) is 0 Å². The molecule has 0 bridgehead atoms. The zero-order valence-electron chi connectivity index (χ0n) is 21.0. The van der Waals surface area contributed by atoms with Gasteiger partial charge in [-0.25, -0.2) is 18.6 Å². The number of rotatable bonds is 6. The summed E-state index contributed by atoms with van der Waals surface area (Å²) in [5.41, 5.74) is 1.64. The van der Waals surface area contributed by atoms with E-state index in [9.17, 15) is 18.4 Å². The molecule has 2 heterocycles. The van der Waals surface area contributed by atoms with Crippen molar-refractivity contribution in [2.45, 2.75) is 0 Å². The summed E-state index contributed by atoms with van der Waals surface area (Å²) in [5, 5.41) is 6.02. The van der Waals surface area contributed by atoms with E-state index < -0.39 is 29.1 Å². The van der Waals surface area contributed by atoms with E-state index in [0.29, 0.717) is 34.0 Å². The number of halogens is 2. The second-order valence-corrected chi connectivity index (χ2v) is 8.37. The lowest BCUT2D eigenvalue weighted by Crippen LogP contribution is -2.35. The number of anilines is 1. The first-order chi connectivity index (χ1) is 18.8. The average molecular weight is 533 g/mol. The Bertz CT molecular complexity index is 1710. The van der Waals surface area contributed by atoms with Crippen LogP contribution in [0.15, 0.2) is 60.7 Å². The zero-order valence-corrected chi connectivity index (χ0v) is 21.0.